The summed E-state index contributed by atoms with van der Waals surface area (Å²) >= 11 is 22.7. The maximum Gasteiger partial charge on any atom is 0.348 e. The van der Waals surface area contributed by atoms with Crippen molar-refractivity contribution in [3.05, 3.63) is 74.2 Å². The summed E-state index contributed by atoms with van der Waals surface area (Å²) < 4.78 is 27.6. The van der Waals surface area contributed by atoms with Gasteiger partial charge in [-0.2, -0.15) is 8.78 Å². The Morgan fingerprint density at radius 1 is 1.00 bits per heavy atom. The number of carbonyl (C=O) groups is 1. The van der Waals surface area contributed by atoms with E-state index in [1.807, 2.05) is 0 Å². The minimum Gasteiger partial charge on any atom is -0.289 e. The Balaban J connectivity index is 2.53. The van der Waals surface area contributed by atoms with E-state index in [1.165, 1.54) is 36.4 Å². The van der Waals surface area contributed by atoms with Crippen molar-refractivity contribution in [2.24, 2.45) is 0 Å². The van der Waals surface area contributed by atoms with Crippen molar-refractivity contribution in [2.75, 3.05) is 0 Å². The van der Waals surface area contributed by atoms with E-state index in [9.17, 15) is 13.6 Å². The highest BCUT2D eigenvalue weighted by atomic mass is 35.5. The lowest BCUT2D eigenvalue weighted by atomic mass is 10.0. The number of benzene rings is 2. The summed E-state index contributed by atoms with van der Waals surface area (Å²) in [5.41, 5.74) is 0.141. The number of ketones is 1. The molecule has 2 aromatic rings. The van der Waals surface area contributed by atoms with Gasteiger partial charge in [0.1, 0.15) is 0 Å². The molecule has 0 N–H and O–H groups in total. The SMILES string of the molecule is Cc1cc(C(=O)/C=C(\c2cc(Cl)cc(Cl)c2)C(F)(F)Cl)ccc1Cl. The number of carbonyl (C=O) groups excluding carboxylic acids is 1. The molecule has 0 aromatic heterocycles. The smallest absolute Gasteiger partial charge is 0.289 e. The van der Waals surface area contributed by atoms with Crippen LogP contribution in [0.1, 0.15) is 21.5 Å². The maximum atomic E-state index is 13.8. The molecule has 126 valence electrons. The van der Waals surface area contributed by atoms with E-state index in [0.717, 1.165) is 6.08 Å². The van der Waals surface area contributed by atoms with Crippen LogP contribution in [0.25, 0.3) is 5.57 Å². The van der Waals surface area contributed by atoms with Gasteiger partial charge in [-0.15, -0.1) is 0 Å². The number of hydrogen-bond donors (Lipinski definition) is 0. The zero-order valence-electron chi connectivity index (χ0n) is 12.2. The van der Waals surface area contributed by atoms with Gasteiger partial charge in [0.15, 0.2) is 5.78 Å². The molecule has 0 bridgehead atoms. The Bertz CT molecular complexity index is 806. The highest BCUT2D eigenvalue weighted by Gasteiger charge is 2.33. The molecular formula is C17H10Cl4F2O. The van der Waals surface area contributed by atoms with Gasteiger partial charge in [-0.3, -0.25) is 4.79 Å². The monoisotopic (exact) mass is 408 g/mol. The predicted octanol–water partition coefficient (Wildman–Crippen LogP) is 7.05. The number of aryl methyl sites for hydroxylation is 1. The first-order valence-corrected chi connectivity index (χ1v) is 8.15. The van der Waals surface area contributed by atoms with Gasteiger partial charge < -0.3 is 0 Å². The number of halogens is 6. The van der Waals surface area contributed by atoms with Gasteiger partial charge in [-0.1, -0.05) is 34.8 Å². The number of hydrogen-bond acceptors (Lipinski definition) is 1. The first-order valence-electron chi connectivity index (χ1n) is 6.64. The Morgan fingerprint density at radius 3 is 2.08 bits per heavy atom. The van der Waals surface area contributed by atoms with E-state index in [4.69, 9.17) is 46.4 Å². The molecule has 0 unspecified atom stereocenters. The Morgan fingerprint density at radius 2 is 1.58 bits per heavy atom. The molecule has 0 spiro atoms. The molecule has 0 heterocycles. The van der Waals surface area contributed by atoms with Gasteiger partial charge in [-0.05, 0) is 72.1 Å². The van der Waals surface area contributed by atoms with E-state index in [0.29, 0.717) is 10.6 Å². The fourth-order valence-corrected chi connectivity index (χ4v) is 2.86. The third-order valence-electron chi connectivity index (χ3n) is 3.20. The van der Waals surface area contributed by atoms with Crippen LogP contribution in [0.15, 0.2) is 42.5 Å². The number of rotatable bonds is 4. The van der Waals surface area contributed by atoms with Crippen molar-refractivity contribution < 1.29 is 13.6 Å². The van der Waals surface area contributed by atoms with Crippen LogP contribution in [0.4, 0.5) is 8.78 Å². The van der Waals surface area contributed by atoms with Gasteiger partial charge in [-0.25, -0.2) is 0 Å². The van der Waals surface area contributed by atoms with Crippen LogP contribution >= 0.6 is 46.4 Å². The molecule has 0 aliphatic carbocycles. The Kier molecular flexibility index (Phi) is 5.92. The summed E-state index contributed by atoms with van der Waals surface area (Å²) in [7, 11) is 0. The molecule has 0 saturated heterocycles. The van der Waals surface area contributed by atoms with Crippen LogP contribution in [0.5, 0.6) is 0 Å². The van der Waals surface area contributed by atoms with Gasteiger partial charge in [0, 0.05) is 26.2 Å². The molecule has 24 heavy (non-hydrogen) atoms. The van der Waals surface area contributed by atoms with Crippen molar-refractivity contribution in [2.45, 2.75) is 12.3 Å². The van der Waals surface area contributed by atoms with Crippen LogP contribution in [0, 0.1) is 6.92 Å². The second kappa shape index (κ2) is 7.40. The van der Waals surface area contributed by atoms with Crippen molar-refractivity contribution in [1.29, 1.82) is 0 Å². The average molecular weight is 410 g/mol. The predicted molar refractivity (Wildman–Crippen MR) is 95.8 cm³/mol. The molecule has 7 heteroatoms. The lowest BCUT2D eigenvalue weighted by molar-refractivity contribution is 0.104. The first kappa shape index (κ1) is 19.2. The van der Waals surface area contributed by atoms with Crippen LogP contribution in [-0.4, -0.2) is 11.2 Å². The molecule has 2 rings (SSSR count). The third kappa shape index (κ3) is 4.70. The van der Waals surface area contributed by atoms with E-state index in [2.05, 4.69) is 0 Å². The Labute approximate surface area is 157 Å². The molecule has 0 aliphatic heterocycles. The zero-order valence-corrected chi connectivity index (χ0v) is 15.2. The standard InChI is InChI=1S/C17H10Cl4F2O/c1-9-4-10(2-3-15(9)20)16(24)8-14(17(21,22)23)11-5-12(18)7-13(19)6-11/h2-8H,1H3/b14-8+. The van der Waals surface area contributed by atoms with Crippen LogP contribution in [-0.2, 0) is 0 Å². The highest BCUT2D eigenvalue weighted by molar-refractivity contribution is 6.35. The zero-order chi connectivity index (χ0) is 18.1. The number of alkyl halides is 3. The second-order valence-corrected chi connectivity index (χ2v) is 6.80. The molecule has 0 atom stereocenters. The maximum absolute atomic E-state index is 13.8. The van der Waals surface area contributed by atoms with E-state index in [-0.39, 0.29) is 21.2 Å². The summed E-state index contributed by atoms with van der Waals surface area (Å²) in [6.45, 7) is 1.70. The van der Waals surface area contributed by atoms with Crippen molar-refractivity contribution in [1.82, 2.24) is 0 Å². The van der Waals surface area contributed by atoms with Gasteiger partial charge in [0.2, 0.25) is 0 Å². The van der Waals surface area contributed by atoms with E-state index in [1.54, 1.807) is 6.92 Å². The Hall–Kier alpha value is -1.13. The highest BCUT2D eigenvalue weighted by Crippen LogP contribution is 2.38. The van der Waals surface area contributed by atoms with Crippen molar-refractivity contribution >= 4 is 57.8 Å². The largest absolute Gasteiger partial charge is 0.348 e. The minimum absolute atomic E-state index is 0.0356. The van der Waals surface area contributed by atoms with Gasteiger partial charge >= 0.3 is 5.38 Å². The van der Waals surface area contributed by atoms with Crippen LogP contribution in [0.3, 0.4) is 0 Å². The molecule has 0 fully saturated rings. The topological polar surface area (TPSA) is 17.1 Å². The summed E-state index contributed by atoms with van der Waals surface area (Å²) in [6, 6.07) is 8.39. The summed E-state index contributed by atoms with van der Waals surface area (Å²) in [5, 5.41) is -3.00. The summed E-state index contributed by atoms with van der Waals surface area (Å²) in [5.74, 6) is -0.638. The van der Waals surface area contributed by atoms with Crippen LogP contribution in [0.2, 0.25) is 15.1 Å². The fourth-order valence-electron chi connectivity index (χ4n) is 2.05. The van der Waals surface area contributed by atoms with Gasteiger partial charge in [0.25, 0.3) is 0 Å². The van der Waals surface area contributed by atoms with Crippen molar-refractivity contribution in [3.63, 3.8) is 0 Å². The lowest BCUT2D eigenvalue weighted by Crippen LogP contribution is -2.11. The quantitative estimate of drug-likeness (QED) is 0.300. The van der Waals surface area contributed by atoms with E-state index >= 15 is 0 Å². The molecule has 0 amide bonds. The molecule has 1 nitrogen and oxygen atoms in total. The molecule has 0 radical (unpaired) electrons. The summed E-state index contributed by atoms with van der Waals surface area (Å²) in [4.78, 5) is 12.3. The molecule has 2 aromatic carbocycles. The average Bonchev–Trinajstić information content (AvgIpc) is 2.45. The van der Waals surface area contributed by atoms with E-state index < -0.39 is 16.7 Å². The normalized spacial score (nSPS) is 12.4. The molecule has 0 aliphatic rings. The molecule has 0 saturated carbocycles. The van der Waals surface area contributed by atoms with Crippen LogP contribution < -0.4 is 0 Å². The fraction of sp³-hybridized carbons (Fsp3) is 0.118. The number of allylic oxidation sites excluding steroid dienone is 2. The molecular weight excluding hydrogens is 400 g/mol. The second-order valence-electron chi connectivity index (χ2n) is 5.04. The lowest BCUT2D eigenvalue weighted by Gasteiger charge is -2.14. The summed E-state index contributed by atoms with van der Waals surface area (Å²) in [6.07, 6.45) is 0.775. The third-order valence-corrected chi connectivity index (χ3v) is 4.26. The van der Waals surface area contributed by atoms with Crippen molar-refractivity contribution in [3.8, 4) is 0 Å². The first-order chi connectivity index (χ1) is 11.1. The minimum atomic E-state index is -3.77. The van der Waals surface area contributed by atoms with Gasteiger partial charge in [0.05, 0.1) is 0 Å².